The van der Waals surface area contributed by atoms with Gasteiger partial charge in [0.2, 0.25) is 0 Å². The van der Waals surface area contributed by atoms with Gasteiger partial charge in [0.05, 0.1) is 12.3 Å². The highest BCUT2D eigenvalue weighted by Gasteiger charge is 2.21. The SMILES string of the molecule is C=CCOC(=O)CC(CCCCCCCCCC/C=C/CCCCCCC)C(=O)O. The van der Waals surface area contributed by atoms with Gasteiger partial charge < -0.3 is 9.84 Å². The molecule has 1 N–H and O–H groups in total. The van der Waals surface area contributed by atoms with E-state index in [0.717, 1.165) is 19.3 Å². The Morgan fingerprint density at radius 2 is 1.33 bits per heavy atom. The summed E-state index contributed by atoms with van der Waals surface area (Å²) in [5.74, 6) is -1.99. The van der Waals surface area contributed by atoms with E-state index in [0.29, 0.717) is 6.42 Å². The van der Waals surface area contributed by atoms with E-state index >= 15 is 0 Å². The fourth-order valence-electron chi connectivity index (χ4n) is 3.54. The third kappa shape index (κ3) is 19.7. The van der Waals surface area contributed by atoms with Gasteiger partial charge in [0, 0.05) is 0 Å². The average molecular weight is 423 g/mol. The van der Waals surface area contributed by atoms with Gasteiger partial charge in [-0.05, 0) is 32.1 Å². The molecular weight excluding hydrogens is 376 g/mol. The molecule has 0 aromatic rings. The van der Waals surface area contributed by atoms with Crippen LogP contribution in [0.25, 0.3) is 0 Å². The summed E-state index contributed by atoms with van der Waals surface area (Å²) in [6.07, 6.45) is 25.3. The monoisotopic (exact) mass is 422 g/mol. The van der Waals surface area contributed by atoms with Gasteiger partial charge in [0.25, 0.3) is 0 Å². The minimum atomic E-state index is -0.906. The number of carboxylic acid groups (broad SMARTS) is 1. The van der Waals surface area contributed by atoms with Crippen LogP contribution in [-0.2, 0) is 14.3 Å². The first kappa shape index (κ1) is 28.4. The van der Waals surface area contributed by atoms with E-state index in [1.807, 2.05) is 0 Å². The number of carboxylic acids is 1. The first-order chi connectivity index (χ1) is 14.6. The van der Waals surface area contributed by atoms with Crippen molar-refractivity contribution in [1.29, 1.82) is 0 Å². The summed E-state index contributed by atoms with van der Waals surface area (Å²) in [6, 6.07) is 0. The van der Waals surface area contributed by atoms with Crippen LogP contribution < -0.4 is 0 Å². The van der Waals surface area contributed by atoms with Crippen molar-refractivity contribution in [2.45, 2.75) is 116 Å². The number of allylic oxidation sites excluding steroid dienone is 2. The van der Waals surface area contributed by atoms with Gasteiger partial charge in [-0.15, -0.1) is 0 Å². The van der Waals surface area contributed by atoms with Crippen LogP contribution >= 0.6 is 0 Å². The summed E-state index contributed by atoms with van der Waals surface area (Å²) in [4.78, 5) is 22.8. The summed E-state index contributed by atoms with van der Waals surface area (Å²) in [5.41, 5.74) is 0. The number of hydrogen-bond acceptors (Lipinski definition) is 3. The molecule has 0 spiro atoms. The van der Waals surface area contributed by atoms with Crippen LogP contribution in [0, 0.1) is 5.92 Å². The Morgan fingerprint density at radius 1 is 0.833 bits per heavy atom. The van der Waals surface area contributed by atoms with Crippen molar-refractivity contribution in [2.24, 2.45) is 5.92 Å². The molecular formula is C26H46O4. The van der Waals surface area contributed by atoms with Crippen LogP contribution in [0.4, 0.5) is 0 Å². The zero-order valence-electron chi connectivity index (χ0n) is 19.4. The molecule has 0 aromatic heterocycles. The molecule has 0 aromatic carbocycles. The van der Waals surface area contributed by atoms with Crippen molar-refractivity contribution in [1.82, 2.24) is 0 Å². The zero-order chi connectivity index (χ0) is 22.3. The molecule has 1 atom stereocenters. The molecule has 0 rings (SSSR count). The molecule has 0 aliphatic heterocycles. The fourth-order valence-corrected chi connectivity index (χ4v) is 3.54. The second kappa shape index (κ2) is 22.1. The molecule has 0 radical (unpaired) electrons. The number of hydrogen-bond donors (Lipinski definition) is 1. The Morgan fingerprint density at radius 3 is 1.83 bits per heavy atom. The quantitative estimate of drug-likeness (QED) is 0.111. The maximum atomic E-state index is 11.6. The van der Waals surface area contributed by atoms with Crippen molar-refractivity contribution in [3.63, 3.8) is 0 Å². The largest absolute Gasteiger partial charge is 0.481 e. The van der Waals surface area contributed by atoms with Crippen LogP contribution in [0.2, 0.25) is 0 Å². The van der Waals surface area contributed by atoms with E-state index in [1.165, 1.54) is 83.1 Å². The first-order valence-electron chi connectivity index (χ1n) is 12.3. The molecule has 0 saturated carbocycles. The van der Waals surface area contributed by atoms with Crippen molar-refractivity contribution < 1.29 is 19.4 Å². The number of unbranched alkanes of at least 4 members (excludes halogenated alkanes) is 13. The zero-order valence-corrected chi connectivity index (χ0v) is 19.4. The Kier molecular flexibility index (Phi) is 20.9. The predicted octanol–water partition coefficient (Wildman–Crippen LogP) is 7.62. The molecule has 0 bridgehead atoms. The summed E-state index contributed by atoms with van der Waals surface area (Å²) >= 11 is 0. The van der Waals surface area contributed by atoms with Crippen LogP contribution in [0.1, 0.15) is 116 Å². The third-order valence-corrected chi connectivity index (χ3v) is 5.44. The Balaban J connectivity index is 3.48. The van der Waals surface area contributed by atoms with Crippen LogP contribution in [0.5, 0.6) is 0 Å². The summed E-state index contributed by atoms with van der Waals surface area (Å²) in [5, 5.41) is 9.25. The normalized spacial score (nSPS) is 12.2. The lowest BCUT2D eigenvalue weighted by molar-refractivity contribution is -0.151. The van der Waals surface area contributed by atoms with E-state index in [2.05, 4.69) is 25.7 Å². The topological polar surface area (TPSA) is 63.6 Å². The highest BCUT2D eigenvalue weighted by molar-refractivity contribution is 5.78. The Labute approximate surface area is 185 Å². The number of rotatable bonds is 22. The van der Waals surface area contributed by atoms with Gasteiger partial charge >= 0.3 is 11.9 Å². The number of carbonyl (C=O) groups excluding carboxylic acids is 1. The molecule has 0 aliphatic carbocycles. The van der Waals surface area contributed by atoms with Gasteiger partial charge in [-0.25, -0.2) is 0 Å². The van der Waals surface area contributed by atoms with Gasteiger partial charge in [-0.1, -0.05) is 102 Å². The Bertz CT molecular complexity index is 456. The lowest BCUT2D eigenvalue weighted by atomic mass is 9.97. The number of aliphatic carboxylic acids is 1. The summed E-state index contributed by atoms with van der Waals surface area (Å²) in [7, 11) is 0. The first-order valence-corrected chi connectivity index (χ1v) is 12.3. The third-order valence-electron chi connectivity index (χ3n) is 5.44. The molecule has 0 fully saturated rings. The standard InChI is InChI=1S/C26H46O4/c1-3-5-6-7-8-9-10-11-12-13-14-15-16-17-18-19-20-21-24(26(28)29)23-25(27)30-22-4-2/h4,10-11,24H,2-3,5-9,12-23H2,1H3,(H,28,29)/b11-10+. The van der Waals surface area contributed by atoms with E-state index in [9.17, 15) is 14.7 Å². The number of ether oxygens (including phenoxy) is 1. The minimum absolute atomic E-state index is 0.0452. The van der Waals surface area contributed by atoms with E-state index < -0.39 is 17.9 Å². The maximum absolute atomic E-state index is 11.6. The van der Waals surface area contributed by atoms with Crippen molar-refractivity contribution in [3.05, 3.63) is 24.8 Å². The van der Waals surface area contributed by atoms with Gasteiger partial charge in [-0.3, -0.25) is 9.59 Å². The molecule has 174 valence electrons. The van der Waals surface area contributed by atoms with E-state index in [1.54, 1.807) is 0 Å². The van der Waals surface area contributed by atoms with Crippen molar-refractivity contribution in [2.75, 3.05) is 6.61 Å². The molecule has 0 aliphatic rings. The van der Waals surface area contributed by atoms with Crippen molar-refractivity contribution >= 4 is 11.9 Å². The highest BCUT2D eigenvalue weighted by Crippen LogP contribution is 2.17. The second-order valence-electron chi connectivity index (χ2n) is 8.29. The molecule has 0 saturated heterocycles. The minimum Gasteiger partial charge on any atom is -0.481 e. The lowest BCUT2D eigenvalue weighted by Crippen LogP contribution is -2.19. The van der Waals surface area contributed by atoms with E-state index in [-0.39, 0.29) is 13.0 Å². The summed E-state index contributed by atoms with van der Waals surface area (Å²) in [6.45, 7) is 5.87. The van der Waals surface area contributed by atoms with Gasteiger partial charge in [0.1, 0.15) is 6.61 Å². The predicted molar refractivity (Wildman–Crippen MR) is 126 cm³/mol. The van der Waals surface area contributed by atoms with Gasteiger partial charge in [0.15, 0.2) is 0 Å². The van der Waals surface area contributed by atoms with Crippen molar-refractivity contribution in [3.8, 4) is 0 Å². The second-order valence-corrected chi connectivity index (χ2v) is 8.29. The fraction of sp³-hybridized carbons (Fsp3) is 0.769. The lowest BCUT2D eigenvalue weighted by Gasteiger charge is -2.11. The molecule has 1 unspecified atom stereocenters. The average Bonchev–Trinajstić information content (AvgIpc) is 2.73. The molecule has 4 heteroatoms. The molecule has 0 amide bonds. The maximum Gasteiger partial charge on any atom is 0.307 e. The highest BCUT2D eigenvalue weighted by atomic mass is 16.5. The molecule has 0 heterocycles. The molecule has 30 heavy (non-hydrogen) atoms. The van der Waals surface area contributed by atoms with Crippen LogP contribution in [-0.4, -0.2) is 23.7 Å². The van der Waals surface area contributed by atoms with E-state index in [4.69, 9.17) is 4.74 Å². The molecule has 4 nitrogen and oxygen atoms in total. The van der Waals surface area contributed by atoms with Crippen LogP contribution in [0.3, 0.4) is 0 Å². The van der Waals surface area contributed by atoms with Gasteiger partial charge in [-0.2, -0.15) is 0 Å². The Hall–Kier alpha value is -1.58. The smallest absolute Gasteiger partial charge is 0.307 e. The van der Waals surface area contributed by atoms with Crippen LogP contribution in [0.15, 0.2) is 24.8 Å². The number of esters is 1. The number of carbonyl (C=O) groups is 2. The summed E-state index contributed by atoms with van der Waals surface area (Å²) < 4.78 is 4.88.